The minimum absolute atomic E-state index is 0.921. The van der Waals surface area contributed by atoms with E-state index in [4.69, 9.17) is 4.42 Å². The Morgan fingerprint density at radius 2 is 1.33 bits per heavy atom. The van der Waals surface area contributed by atoms with Crippen molar-refractivity contribution in [2.45, 2.75) is 0 Å². The Kier molecular flexibility index (Phi) is 3.12. The Morgan fingerprint density at radius 1 is 0.619 bits per heavy atom. The quantitative estimate of drug-likeness (QED) is 0.342. The summed E-state index contributed by atoms with van der Waals surface area (Å²) in [5, 5.41) is 2.32. The molecule has 1 nitrogen and oxygen atoms in total. The first-order chi connectivity index (χ1) is 10.2. The average molecular weight is 402 g/mol. The Balaban J connectivity index is 1.96. The van der Waals surface area contributed by atoms with Crippen LogP contribution in [0.25, 0.3) is 33.1 Å². The minimum atomic E-state index is 0.921. The molecule has 0 atom stereocenters. The summed E-state index contributed by atoms with van der Waals surface area (Å²) in [6, 6.07) is 20.7. The summed E-state index contributed by atoms with van der Waals surface area (Å²) < 4.78 is 8.06. The van der Waals surface area contributed by atoms with Crippen LogP contribution in [0.15, 0.2) is 74.0 Å². The zero-order valence-corrected chi connectivity index (χ0v) is 14.1. The lowest BCUT2D eigenvalue weighted by Crippen LogP contribution is -1.79. The van der Waals surface area contributed by atoms with E-state index < -0.39 is 0 Å². The molecule has 1 aromatic heterocycles. The maximum Gasteiger partial charge on any atom is 0.136 e. The van der Waals surface area contributed by atoms with Gasteiger partial charge in [0.1, 0.15) is 11.2 Å². The Labute approximate surface area is 138 Å². The summed E-state index contributed by atoms with van der Waals surface area (Å²) in [6.45, 7) is 0. The van der Waals surface area contributed by atoms with Gasteiger partial charge in [0.15, 0.2) is 0 Å². The van der Waals surface area contributed by atoms with E-state index in [-0.39, 0.29) is 0 Å². The number of halogens is 2. The second-order valence-corrected chi connectivity index (χ2v) is 6.80. The van der Waals surface area contributed by atoms with Gasteiger partial charge in [-0.1, -0.05) is 56.1 Å². The fraction of sp³-hybridized carbons (Fsp3) is 0. The van der Waals surface area contributed by atoms with Gasteiger partial charge in [-0.15, -0.1) is 0 Å². The second-order valence-electron chi connectivity index (χ2n) is 4.97. The maximum absolute atomic E-state index is 5.95. The Bertz CT molecular complexity index is 949. The highest BCUT2D eigenvalue weighted by atomic mass is 79.9. The lowest BCUT2D eigenvalue weighted by atomic mass is 10.0. The van der Waals surface area contributed by atoms with Crippen molar-refractivity contribution in [1.82, 2.24) is 0 Å². The predicted molar refractivity (Wildman–Crippen MR) is 94.6 cm³/mol. The molecule has 0 amide bonds. The molecule has 1 heterocycles. The minimum Gasteiger partial charge on any atom is -0.456 e. The summed E-state index contributed by atoms with van der Waals surface area (Å²) >= 11 is 7.07. The van der Waals surface area contributed by atoms with Crippen LogP contribution < -0.4 is 0 Å². The molecule has 0 spiro atoms. The van der Waals surface area contributed by atoms with Gasteiger partial charge in [0, 0.05) is 19.7 Å². The summed E-state index contributed by atoms with van der Waals surface area (Å²) in [6.07, 6.45) is 0. The van der Waals surface area contributed by atoms with Crippen molar-refractivity contribution in [3.05, 3.63) is 69.6 Å². The lowest BCUT2D eigenvalue weighted by molar-refractivity contribution is 0.669. The van der Waals surface area contributed by atoms with Gasteiger partial charge >= 0.3 is 0 Å². The number of hydrogen-bond acceptors (Lipinski definition) is 1. The molecule has 0 fully saturated rings. The molecule has 0 unspecified atom stereocenters. The molecule has 0 N–H and O–H groups in total. The highest BCUT2D eigenvalue weighted by Gasteiger charge is 2.08. The first-order valence-corrected chi connectivity index (χ1v) is 8.17. The van der Waals surface area contributed by atoms with E-state index in [0.29, 0.717) is 0 Å². The fourth-order valence-corrected chi connectivity index (χ4v) is 3.92. The summed E-state index contributed by atoms with van der Waals surface area (Å²) in [7, 11) is 0. The SMILES string of the molecule is Brc1cc(Br)cc(-c2ccc3c(c2)oc2ccccc23)c1. The molecule has 21 heavy (non-hydrogen) atoms. The molecule has 0 aliphatic rings. The van der Waals surface area contributed by atoms with Gasteiger partial charge < -0.3 is 4.42 Å². The largest absolute Gasteiger partial charge is 0.456 e. The Morgan fingerprint density at radius 3 is 2.14 bits per heavy atom. The van der Waals surface area contributed by atoms with E-state index in [1.807, 2.05) is 24.3 Å². The predicted octanol–water partition coefficient (Wildman–Crippen LogP) is 6.78. The van der Waals surface area contributed by atoms with Crippen LogP contribution in [0.2, 0.25) is 0 Å². The van der Waals surface area contributed by atoms with E-state index in [1.165, 1.54) is 0 Å². The van der Waals surface area contributed by atoms with Crippen LogP contribution in [0.3, 0.4) is 0 Å². The zero-order valence-electron chi connectivity index (χ0n) is 10.9. The van der Waals surface area contributed by atoms with Gasteiger partial charge in [0.05, 0.1) is 0 Å². The van der Waals surface area contributed by atoms with Gasteiger partial charge in [-0.3, -0.25) is 0 Å². The van der Waals surface area contributed by atoms with Gasteiger partial charge in [-0.2, -0.15) is 0 Å². The zero-order chi connectivity index (χ0) is 14.4. The fourth-order valence-electron chi connectivity index (χ4n) is 2.63. The number of furan rings is 1. The third-order valence-electron chi connectivity index (χ3n) is 3.57. The summed E-state index contributed by atoms with van der Waals surface area (Å²) in [5.74, 6) is 0. The maximum atomic E-state index is 5.95. The van der Waals surface area contributed by atoms with Crippen molar-refractivity contribution >= 4 is 53.8 Å². The van der Waals surface area contributed by atoms with Crippen molar-refractivity contribution in [2.24, 2.45) is 0 Å². The third kappa shape index (κ3) is 2.30. The van der Waals surface area contributed by atoms with Crippen molar-refractivity contribution < 1.29 is 4.42 Å². The molecular weight excluding hydrogens is 392 g/mol. The van der Waals surface area contributed by atoms with Crippen LogP contribution >= 0.6 is 31.9 Å². The number of hydrogen-bond donors (Lipinski definition) is 0. The molecule has 3 aromatic carbocycles. The Hall–Kier alpha value is -1.58. The van der Waals surface area contributed by atoms with E-state index in [0.717, 1.165) is 42.0 Å². The molecule has 0 radical (unpaired) electrons. The van der Waals surface area contributed by atoms with Crippen LogP contribution in [-0.4, -0.2) is 0 Å². The van der Waals surface area contributed by atoms with Gasteiger partial charge in [-0.25, -0.2) is 0 Å². The van der Waals surface area contributed by atoms with Crippen LogP contribution in [0.4, 0.5) is 0 Å². The van der Waals surface area contributed by atoms with Crippen molar-refractivity contribution in [1.29, 1.82) is 0 Å². The van der Waals surface area contributed by atoms with Gasteiger partial charge in [0.2, 0.25) is 0 Å². The molecular formula is C18H10Br2O. The van der Waals surface area contributed by atoms with E-state index in [1.54, 1.807) is 0 Å². The first-order valence-electron chi connectivity index (χ1n) is 6.58. The smallest absolute Gasteiger partial charge is 0.136 e. The van der Waals surface area contributed by atoms with E-state index in [9.17, 15) is 0 Å². The summed E-state index contributed by atoms with van der Waals surface area (Å²) in [4.78, 5) is 0. The summed E-state index contributed by atoms with van der Waals surface area (Å²) in [5.41, 5.74) is 4.15. The van der Waals surface area contributed by atoms with Crippen molar-refractivity contribution in [3.8, 4) is 11.1 Å². The molecule has 3 heteroatoms. The highest BCUT2D eigenvalue weighted by molar-refractivity contribution is 9.11. The van der Waals surface area contributed by atoms with Crippen LogP contribution in [0.1, 0.15) is 0 Å². The van der Waals surface area contributed by atoms with Crippen LogP contribution in [-0.2, 0) is 0 Å². The molecule has 0 saturated heterocycles. The van der Waals surface area contributed by atoms with Crippen molar-refractivity contribution in [3.63, 3.8) is 0 Å². The molecule has 102 valence electrons. The number of fused-ring (bicyclic) bond motifs is 3. The third-order valence-corrected chi connectivity index (χ3v) is 4.49. The van der Waals surface area contributed by atoms with Gasteiger partial charge in [-0.05, 0) is 47.5 Å². The molecule has 0 saturated carbocycles. The van der Waals surface area contributed by atoms with E-state index in [2.05, 4.69) is 68.3 Å². The normalized spacial score (nSPS) is 11.3. The van der Waals surface area contributed by atoms with Gasteiger partial charge in [0.25, 0.3) is 0 Å². The van der Waals surface area contributed by atoms with E-state index >= 15 is 0 Å². The topological polar surface area (TPSA) is 13.1 Å². The molecule has 4 aromatic rings. The molecule has 0 aliphatic heterocycles. The number of para-hydroxylation sites is 1. The standard InChI is InChI=1S/C18H10Br2O/c19-13-7-12(8-14(20)10-13)11-5-6-16-15-3-1-2-4-17(15)21-18(16)9-11/h1-10H. The average Bonchev–Trinajstić information content (AvgIpc) is 2.83. The molecule has 0 bridgehead atoms. The van der Waals surface area contributed by atoms with Crippen LogP contribution in [0, 0.1) is 0 Å². The van der Waals surface area contributed by atoms with Crippen LogP contribution in [0.5, 0.6) is 0 Å². The number of rotatable bonds is 1. The lowest BCUT2D eigenvalue weighted by Gasteiger charge is -2.04. The molecule has 4 rings (SSSR count). The first kappa shape index (κ1) is 13.1. The molecule has 0 aliphatic carbocycles. The second kappa shape index (κ2) is 5.00. The van der Waals surface area contributed by atoms with Crippen molar-refractivity contribution in [2.75, 3.05) is 0 Å². The highest BCUT2D eigenvalue weighted by Crippen LogP contribution is 2.33. The number of benzene rings is 3. The monoisotopic (exact) mass is 400 g/mol.